The van der Waals surface area contributed by atoms with Crippen molar-refractivity contribution in [2.24, 2.45) is 0 Å². The zero-order valence-corrected chi connectivity index (χ0v) is 15.4. The van der Waals surface area contributed by atoms with Crippen molar-refractivity contribution in [2.45, 2.75) is 26.6 Å². The SMILES string of the molecule is Cc1ccc(C(=O)N2CCn3nc(OCc4cccc(F)c4)cc3C2)c(F)c1. The minimum absolute atomic E-state index is 0.0705. The highest BCUT2D eigenvalue weighted by Gasteiger charge is 2.25. The van der Waals surface area contributed by atoms with Gasteiger partial charge < -0.3 is 9.64 Å². The highest BCUT2D eigenvalue weighted by atomic mass is 19.1. The van der Waals surface area contributed by atoms with E-state index in [0.717, 1.165) is 11.3 Å². The summed E-state index contributed by atoms with van der Waals surface area (Å²) in [4.78, 5) is 14.3. The number of ether oxygens (including phenoxy) is 1. The molecule has 0 aliphatic carbocycles. The van der Waals surface area contributed by atoms with Crippen LogP contribution in [0.25, 0.3) is 0 Å². The molecule has 2 heterocycles. The van der Waals surface area contributed by atoms with Gasteiger partial charge in [-0.2, -0.15) is 0 Å². The van der Waals surface area contributed by atoms with Gasteiger partial charge in [-0.25, -0.2) is 8.78 Å². The summed E-state index contributed by atoms with van der Waals surface area (Å²) in [6.07, 6.45) is 0. The van der Waals surface area contributed by atoms with Crippen LogP contribution in [-0.2, 0) is 19.7 Å². The third kappa shape index (κ3) is 3.74. The van der Waals surface area contributed by atoms with Gasteiger partial charge in [0.05, 0.1) is 24.3 Å². The van der Waals surface area contributed by atoms with Crippen LogP contribution in [0.3, 0.4) is 0 Å². The lowest BCUT2D eigenvalue weighted by atomic mass is 10.1. The maximum atomic E-state index is 14.1. The molecule has 0 fully saturated rings. The predicted octanol–water partition coefficient (Wildman–Crippen LogP) is 3.70. The molecule has 1 aromatic heterocycles. The second-order valence-electron chi connectivity index (χ2n) is 6.83. The van der Waals surface area contributed by atoms with Crippen LogP contribution in [0, 0.1) is 18.6 Å². The minimum atomic E-state index is -0.511. The lowest BCUT2D eigenvalue weighted by Gasteiger charge is -2.27. The fourth-order valence-corrected chi connectivity index (χ4v) is 3.23. The van der Waals surface area contributed by atoms with Gasteiger partial charge in [0, 0.05) is 12.6 Å². The van der Waals surface area contributed by atoms with Crippen LogP contribution >= 0.6 is 0 Å². The average molecular weight is 383 g/mol. The Balaban J connectivity index is 1.45. The summed E-state index contributed by atoms with van der Waals surface area (Å²) < 4.78 is 34.8. The maximum Gasteiger partial charge on any atom is 0.257 e. The van der Waals surface area contributed by atoms with E-state index in [4.69, 9.17) is 4.74 Å². The van der Waals surface area contributed by atoms with Crippen LogP contribution in [0.15, 0.2) is 48.5 Å². The first-order valence-corrected chi connectivity index (χ1v) is 8.99. The van der Waals surface area contributed by atoms with Gasteiger partial charge in [0.25, 0.3) is 5.91 Å². The van der Waals surface area contributed by atoms with Gasteiger partial charge in [-0.3, -0.25) is 9.48 Å². The number of carbonyl (C=O) groups is 1. The highest BCUT2D eigenvalue weighted by molar-refractivity contribution is 5.94. The first-order chi connectivity index (χ1) is 13.5. The van der Waals surface area contributed by atoms with Crippen molar-refractivity contribution in [3.63, 3.8) is 0 Å². The molecule has 3 aromatic rings. The third-order valence-corrected chi connectivity index (χ3v) is 4.69. The number of hydrogen-bond donors (Lipinski definition) is 0. The van der Waals surface area contributed by atoms with Crippen molar-refractivity contribution in [1.82, 2.24) is 14.7 Å². The number of fused-ring (bicyclic) bond motifs is 1. The Kier molecular flexibility index (Phi) is 4.81. The van der Waals surface area contributed by atoms with E-state index in [2.05, 4.69) is 5.10 Å². The molecule has 4 rings (SSSR count). The molecule has 0 saturated carbocycles. The largest absolute Gasteiger partial charge is 0.472 e. The molecule has 0 N–H and O–H groups in total. The summed E-state index contributed by atoms with van der Waals surface area (Å²) >= 11 is 0. The number of rotatable bonds is 4. The molecular weight excluding hydrogens is 364 g/mol. The average Bonchev–Trinajstić information content (AvgIpc) is 3.08. The summed E-state index contributed by atoms with van der Waals surface area (Å²) in [5.41, 5.74) is 2.35. The molecule has 1 amide bonds. The Morgan fingerprint density at radius 1 is 1.14 bits per heavy atom. The summed E-state index contributed by atoms with van der Waals surface area (Å²) in [6, 6.07) is 12.5. The van der Waals surface area contributed by atoms with Gasteiger partial charge in [-0.1, -0.05) is 18.2 Å². The number of aromatic nitrogens is 2. The number of nitrogens with zero attached hydrogens (tertiary/aromatic N) is 3. The third-order valence-electron chi connectivity index (χ3n) is 4.69. The second-order valence-corrected chi connectivity index (χ2v) is 6.83. The first-order valence-electron chi connectivity index (χ1n) is 8.99. The number of hydrogen-bond acceptors (Lipinski definition) is 3. The molecule has 144 valence electrons. The summed E-state index contributed by atoms with van der Waals surface area (Å²) in [5, 5.41) is 4.37. The molecule has 0 saturated heterocycles. The fraction of sp³-hybridized carbons (Fsp3) is 0.238. The Hall–Kier alpha value is -3.22. The van der Waals surface area contributed by atoms with Gasteiger partial charge >= 0.3 is 0 Å². The van der Waals surface area contributed by atoms with E-state index in [9.17, 15) is 13.6 Å². The lowest BCUT2D eigenvalue weighted by molar-refractivity contribution is 0.0701. The van der Waals surface area contributed by atoms with E-state index >= 15 is 0 Å². The Morgan fingerprint density at radius 3 is 2.79 bits per heavy atom. The Morgan fingerprint density at radius 2 is 2.00 bits per heavy atom. The standard InChI is InChI=1S/C21H19F2N3O2/c1-14-5-6-18(19(23)9-14)21(27)25-7-8-26-17(12-25)11-20(24-26)28-13-15-3-2-4-16(22)10-15/h2-6,9-11H,7-8,12-13H2,1H3. The van der Waals surface area contributed by atoms with Crippen molar-refractivity contribution >= 4 is 5.91 Å². The molecular formula is C21H19F2N3O2. The van der Waals surface area contributed by atoms with Crippen LogP contribution in [0.2, 0.25) is 0 Å². The molecule has 0 bridgehead atoms. The molecule has 2 aromatic carbocycles. The van der Waals surface area contributed by atoms with E-state index in [0.29, 0.717) is 31.1 Å². The number of aryl methyl sites for hydroxylation is 1. The van der Waals surface area contributed by atoms with Crippen LogP contribution in [0.5, 0.6) is 5.88 Å². The van der Waals surface area contributed by atoms with Crippen LogP contribution in [0.1, 0.15) is 27.2 Å². The Labute approximate surface area is 161 Å². The molecule has 28 heavy (non-hydrogen) atoms. The molecule has 5 nitrogen and oxygen atoms in total. The zero-order valence-electron chi connectivity index (χ0n) is 15.4. The van der Waals surface area contributed by atoms with Crippen molar-refractivity contribution < 1.29 is 18.3 Å². The number of amides is 1. The van der Waals surface area contributed by atoms with Gasteiger partial charge in [0.1, 0.15) is 18.2 Å². The molecule has 0 radical (unpaired) electrons. The van der Waals surface area contributed by atoms with Crippen molar-refractivity contribution in [1.29, 1.82) is 0 Å². The van der Waals surface area contributed by atoms with E-state index < -0.39 is 5.82 Å². The topological polar surface area (TPSA) is 47.4 Å². The van der Waals surface area contributed by atoms with E-state index in [1.54, 1.807) is 40.8 Å². The highest BCUT2D eigenvalue weighted by Crippen LogP contribution is 2.21. The number of carbonyl (C=O) groups excluding carboxylic acids is 1. The smallest absolute Gasteiger partial charge is 0.257 e. The van der Waals surface area contributed by atoms with Crippen LogP contribution in [0.4, 0.5) is 8.78 Å². The maximum absolute atomic E-state index is 14.1. The lowest BCUT2D eigenvalue weighted by Crippen LogP contribution is -2.38. The minimum Gasteiger partial charge on any atom is -0.472 e. The summed E-state index contributed by atoms with van der Waals surface area (Å²) in [5.74, 6) is -0.756. The molecule has 0 unspecified atom stereocenters. The predicted molar refractivity (Wildman–Crippen MR) is 98.8 cm³/mol. The van der Waals surface area contributed by atoms with Crippen molar-refractivity contribution in [2.75, 3.05) is 6.54 Å². The molecule has 0 atom stereocenters. The number of benzene rings is 2. The molecule has 7 heteroatoms. The summed E-state index contributed by atoms with van der Waals surface area (Å²) in [7, 11) is 0. The van der Waals surface area contributed by atoms with Gasteiger partial charge in [-0.05, 0) is 42.3 Å². The first kappa shape index (κ1) is 18.2. The van der Waals surface area contributed by atoms with Crippen LogP contribution < -0.4 is 4.74 Å². The van der Waals surface area contributed by atoms with E-state index in [1.807, 2.05) is 0 Å². The monoisotopic (exact) mass is 383 g/mol. The molecule has 0 spiro atoms. The van der Waals surface area contributed by atoms with Crippen molar-refractivity contribution in [3.8, 4) is 5.88 Å². The van der Waals surface area contributed by atoms with Gasteiger partial charge in [0.2, 0.25) is 5.88 Å². The van der Waals surface area contributed by atoms with Gasteiger partial charge in [-0.15, -0.1) is 5.10 Å². The van der Waals surface area contributed by atoms with Gasteiger partial charge in [0.15, 0.2) is 0 Å². The molecule has 1 aliphatic heterocycles. The van der Waals surface area contributed by atoms with Crippen LogP contribution in [-0.4, -0.2) is 27.1 Å². The number of halogens is 2. The Bertz CT molecular complexity index is 1030. The summed E-state index contributed by atoms with van der Waals surface area (Å²) in [6.45, 7) is 3.23. The second kappa shape index (κ2) is 7.42. The normalized spacial score (nSPS) is 13.3. The quantitative estimate of drug-likeness (QED) is 0.690. The van der Waals surface area contributed by atoms with E-state index in [-0.39, 0.29) is 23.9 Å². The van der Waals surface area contributed by atoms with Crippen molar-refractivity contribution in [3.05, 3.63) is 82.5 Å². The van der Waals surface area contributed by atoms with E-state index in [1.165, 1.54) is 24.3 Å². The zero-order chi connectivity index (χ0) is 19.7. The molecule has 1 aliphatic rings. The fourth-order valence-electron chi connectivity index (χ4n) is 3.23.